The van der Waals surface area contributed by atoms with Crippen LogP contribution in [0.3, 0.4) is 0 Å². The van der Waals surface area contributed by atoms with Crippen LogP contribution in [0.15, 0.2) is 52.7 Å². The molecule has 25 heavy (non-hydrogen) atoms. The molecule has 7 nitrogen and oxygen atoms in total. The Bertz CT molecular complexity index is 820. The van der Waals surface area contributed by atoms with E-state index >= 15 is 0 Å². The fraction of sp³-hybridized carbons (Fsp3) is 0.167. The van der Waals surface area contributed by atoms with Gasteiger partial charge in [-0.2, -0.15) is 10.4 Å². The maximum absolute atomic E-state index is 9.14. The molecule has 7 heteroatoms. The lowest BCUT2D eigenvalue weighted by Crippen LogP contribution is -2.21. The summed E-state index contributed by atoms with van der Waals surface area (Å²) in [6.07, 6.45) is 1.51. The minimum absolute atomic E-state index is 0.114. The number of nitriles is 1. The zero-order valence-electron chi connectivity index (χ0n) is 13.8. The molecule has 0 aliphatic rings. The van der Waals surface area contributed by atoms with Crippen molar-refractivity contribution in [3.05, 3.63) is 59.2 Å². The summed E-state index contributed by atoms with van der Waals surface area (Å²) in [5.74, 6) is 1.04. The van der Waals surface area contributed by atoms with Gasteiger partial charge in [0.1, 0.15) is 6.61 Å². The van der Waals surface area contributed by atoms with Crippen LogP contribution in [0.2, 0.25) is 0 Å². The Labute approximate surface area is 146 Å². The van der Waals surface area contributed by atoms with E-state index in [9.17, 15) is 0 Å². The number of hydrogen-bond acceptors (Lipinski definition) is 5. The Morgan fingerprint density at radius 3 is 2.68 bits per heavy atom. The molecule has 0 saturated heterocycles. The van der Waals surface area contributed by atoms with E-state index in [0.29, 0.717) is 23.7 Å². The van der Waals surface area contributed by atoms with Gasteiger partial charge in [-0.05, 0) is 36.8 Å². The molecule has 0 aliphatic heterocycles. The van der Waals surface area contributed by atoms with Crippen LogP contribution in [0.1, 0.15) is 23.6 Å². The SMILES string of the molecule is CCOc1cc(/C=N/N=C(N)N)ccc1OCc1ccccc1C#N. The molecule has 2 rings (SSSR count). The van der Waals surface area contributed by atoms with Crippen molar-refractivity contribution in [3.8, 4) is 17.6 Å². The van der Waals surface area contributed by atoms with Gasteiger partial charge in [-0.1, -0.05) is 18.2 Å². The normalized spacial score (nSPS) is 10.2. The van der Waals surface area contributed by atoms with E-state index in [4.69, 9.17) is 26.2 Å². The summed E-state index contributed by atoms with van der Waals surface area (Å²) < 4.78 is 11.4. The van der Waals surface area contributed by atoms with Crippen molar-refractivity contribution < 1.29 is 9.47 Å². The Hall–Kier alpha value is -3.53. The fourth-order valence-electron chi connectivity index (χ4n) is 2.07. The Morgan fingerprint density at radius 2 is 1.96 bits per heavy atom. The van der Waals surface area contributed by atoms with Crippen LogP contribution in [0.5, 0.6) is 11.5 Å². The second-order valence-electron chi connectivity index (χ2n) is 4.97. The first-order chi connectivity index (χ1) is 12.1. The summed E-state index contributed by atoms with van der Waals surface area (Å²) in [6.45, 7) is 2.64. The van der Waals surface area contributed by atoms with Crippen molar-refractivity contribution >= 4 is 12.2 Å². The quantitative estimate of drug-likeness (QED) is 0.456. The molecule has 0 unspecified atom stereocenters. The highest BCUT2D eigenvalue weighted by atomic mass is 16.5. The molecule has 0 heterocycles. The van der Waals surface area contributed by atoms with Gasteiger partial charge < -0.3 is 20.9 Å². The first-order valence-electron chi connectivity index (χ1n) is 7.63. The first-order valence-corrected chi connectivity index (χ1v) is 7.63. The third-order valence-corrected chi connectivity index (χ3v) is 3.17. The van der Waals surface area contributed by atoms with E-state index in [1.54, 1.807) is 24.3 Å². The summed E-state index contributed by atoms with van der Waals surface area (Å²) in [6, 6.07) is 14.8. The molecular formula is C18H19N5O2. The van der Waals surface area contributed by atoms with E-state index < -0.39 is 0 Å². The number of nitrogens with two attached hydrogens (primary N) is 2. The molecule has 2 aromatic rings. The molecule has 0 fully saturated rings. The Morgan fingerprint density at radius 1 is 1.16 bits per heavy atom. The summed E-state index contributed by atoms with van der Waals surface area (Å²) in [4.78, 5) is 0. The van der Waals surface area contributed by atoms with Crippen molar-refractivity contribution in [1.29, 1.82) is 5.26 Å². The largest absolute Gasteiger partial charge is 0.490 e. The molecule has 0 saturated carbocycles. The van der Waals surface area contributed by atoms with Crippen LogP contribution in [-0.2, 0) is 6.61 Å². The lowest BCUT2D eigenvalue weighted by Gasteiger charge is -2.13. The summed E-state index contributed by atoms with van der Waals surface area (Å²) >= 11 is 0. The number of ether oxygens (including phenoxy) is 2. The summed E-state index contributed by atoms with van der Waals surface area (Å²) in [5, 5.41) is 16.5. The van der Waals surface area contributed by atoms with Gasteiger partial charge in [-0.15, -0.1) is 5.10 Å². The van der Waals surface area contributed by atoms with Crippen LogP contribution in [0, 0.1) is 11.3 Å². The number of guanidine groups is 1. The number of hydrogen-bond donors (Lipinski definition) is 2. The van der Waals surface area contributed by atoms with Gasteiger partial charge in [-0.3, -0.25) is 0 Å². The van der Waals surface area contributed by atoms with E-state index in [-0.39, 0.29) is 12.6 Å². The van der Waals surface area contributed by atoms with Crippen LogP contribution < -0.4 is 20.9 Å². The van der Waals surface area contributed by atoms with E-state index in [2.05, 4.69) is 16.3 Å². The van der Waals surface area contributed by atoms with E-state index in [1.807, 2.05) is 25.1 Å². The molecule has 128 valence electrons. The van der Waals surface area contributed by atoms with Gasteiger partial charge in [0.15, 0.2) is 11.5 Å². The average Bonchev–Trinajstić information content (AvgIpc) is 2.61. The van der Waals surface area contributed by atoms with Gasteiger partial charge in [-0.25, -0.2) is 0 Å². The number of nitrogens with zero attached hydrogens (tertiary/aromatic N) is 3. The third-order valence-electron chi connectivity index (χ3n) is 3.17. The minimum Gasteiger partial charge on any atom is -0.490 e. The molecule has 0 atom stereocenters. The fourth-order valence-corrected chi connectivity index (χ4v) is 2.07. The van der Waals surface area contributed by atoms with Gasteiger partial charge >= 0.3 is 0 Å². The van der Waals surface area contributed by atoms with Crippen LogP contribution >= 0.6 is 0 Å². The van der Waals surface area contributed by atoms with Gasteiger partial charge in [0.25, 0.3) is 0 Å². The molecule has 0 aliphatic carbocycles. The lowest BCUT2D eigenvalue weighted by atomic mass is 10.1. The highest BCUT2D eigenvalue weighted by molar-refractivity contribution is 5.82. The maximum atomic E-state index is 9.14. The average molecular weight is 337 g/mol. The molecule has 0 aromatic heterocycles. The van der Waals surface area contributed by atoms with Gasteiger partial charge in [0.05, 0.1) is 24.5 Å². The topological polar surface area (TPSA) is 119 Å². The zero-order valence-corrected chi connectivity index (χ0v) is 13.8. The molecule has 4 N–H and O–H groups in total. The van der Waals surface area contributed by atoms with E-state index in [1.165, 1.54) is 6.21 Å². The molecule has 0 spiro atoms. The summed E-state index contributed by atoms with van der Waals surface area (Å²) in [5.41, 5.74) is 12.6. The third kappa shape index (κ3) is 5.25. The smallest absolute Gasteiger partial charge is 0.211 e. The van der Waals surface area contributed by atoms with Crippen LogP contribution in [0.4, 0.5) is 0 Å². The summed E-state index contributed by atoms with van der Waals surface area (Å²) in [7, 11) is 0. The zero-order chi connectivity index (χ0) is 18.1. The van der Waals surface area contributed by atoms with Crippen LogP contribution in [0.25, 0.3) is 0 Å². The number of rotatable bonds is 7. The second-order valence-corrected chi connectivity index (χ2v) is 4.97. The lowest BCUT2D eigenvalue weighted by molar-refractivity contribution is 0.269. The molecule has 0 radical (unpaired) electrons. The van der Waals surface area contributed by atoms with Crippen molar-refractivity contribution in [1.82, 2.24) is 0 Å². The molecule has 0 bridgehead atoms. The Kier molecular flexibility index (Phi) is 6.37. The molecular weight excluding hydrogens is 318 g/mol. The van der Waals surface area contributed by atoms with Gasteiger partial charge in [0.2, 0.25) is 5.96 Å². The number of benzene rings is 2. The molecule has 2 aromatic carbocycles. The predicted molar refractivity (Wildman–Crippen MR) is 96.5 cm³/mol. The van der Waals surface area contributed by atoms with Crippen molar-refractivity contribution in [2.75, 3.05) is 6.61 Å². The van der Waals surface area contributed by atoms with Crippen molar-refractivity contribution in [3.63, 3.8) is 0 Å². The standard InChI is InChI=1S/C18H19N5O2/c1-2-24-17-9-13(11-22-23-18(20)21)7-8-16(17)25-12-15-6-4-3-5-14(15)10-19/h3-9,11H,2,12H2,1H3,(H4,20,21,23)/b22-11+. The van der Waals surface area contributed by atoms with Crippen LogP contribution in [-0.4, -0.2) is 18.8 Å². The van der Waals surface area contributed by atoms with Gasteiger partial charge in [0, 0.05) is 5.56 Å². The highest BCUT2D eigenvalue weighted by Crippen LogP contribution is 2.29. The highest BCUT2D eigenvalue weighted by Gasteiger charge is 2.08. The Balaban J connectivity index is 2.18. The second kappa shape index (κ2) is 8.93. The minimum atomic E-state index is -0.114. The predicted octanol–water partition coefficient (Wildman–Crippen LogP) is 2.14. The van der Waals surface area contributed by atoms with Crippen molar-refractivity contribution in [2.24, 2.45) is 21.7 Å². The first kappa shape index (κ1) is 17.8. The van der Waals surface area contributed by atoms with Crippen molar-refractivity contribution in [2.45, 2.75) is 13.5 Å². The maximum Gasteiger partial charge on any atom is 0.211 e. The monoisotopic (exact) mass is 337 g/mol. The molecule has 0 amide bonds. The van der Waals surface area contributed by atoms with E-state index in [0.717, 1.165) is 11.1 Å².